The number of phenols is 1. The summed E-state index contributed by atoms with van der Waals surface area (Å²) in [5, 5.41) is 22.7. The molecule has 116 valence electrons. The zero-order valence-electron chi connectivity index (χ0n) is 12.2. The summed E-state index contributed by atoms with van der Waals surface area (Å²) < 4.78 is 0. The molecule has 0 saturated carbocycles. The van der Waals surface area contributed by atoms with E-state index in [1.165, 1.54) is 12.1 Å². The van der Waals surface area contributed by atoms with E-state index in [1.54, 1.807) is 13.0 Å². The van der Waals surface area contributed by atoms with E-state index in [2.05, 4.69) is 5.32 Å². The maximum Gasteiger partial charge on any atom is 0.224 e. The Morgan fingerprint density at radius 3 is 2.55 bits per heavy atom. The van der Waals surface area contributed by atoms with Gasteiger partial charge in [-0.3, -0.25) is 4.79 Å². The van der Waals surface area contributed by atoms with Gasteiger partial charge in [-0.25, -0.2) is 0 Å². The lowest BCUT2D eigenvalue weighted by Crippen LogP contribution is -2.39. The van der Waals surface area contributed by atoms with E-state index in [1.807, 2.05) is 30.3 Å². The van der Waals surface area contributed by atoms with E-state index in [4.69, 9.17) is 11.6 Å². The summed E-state index contributed by atoms with van der Waals surface area (Å²) >= 11 is 5.97. The van der Waals surface area contributed by atoms with Crippen LogP contribution in [0.4, 0.5) is 0 Å². The quantitative estimate of drug-likeness (QED) is 0.793. The Labute approximate surface area is 134 Å². The van der Waals surface area contributed by atoms with Gasteiger partial charge in [-0.15, -0.1) is 0 Å². The first-order valence-electron chi connectivity index (χ1n) is 6.90. The van der Waals surface area contributed by atoms with Crippen LogP contribution in [0.15, 0.2) is 48.5 Å². The van der Waals surface area contributed by atoms with Crippen molar-refractivity contribution in [1.82, 2.24) is 5.32 Å². The molecule has 5 heteroatoms. The van der Waals surface area contributed by atoms with Crippen molar-refractivity contribution in [3.63, 3.8) is 0 Å². The molecule has 0 aliphatic carbocycles. The van der Waals surface area contributed by atoms with Gasteiger partial charge < -0.3 is 15.5 Å². The topological polar surface area (TPSA) is 69.6 Å². The molecule has 1 unspecified atom stereocenters. The van der Waals surface area contributed by atoms with Crippen LogP contribution >= 0.6 is 11.6 Å². The predicted octanol–water partition coefficient (Wildman–Crippen LogP) is 2.61. The smallest absolute Gasteiger partial charge is 0.224 e. The monoisotopic (exact) mass is 319 g/mol. The Balaban J connectivity index is 1.95. The lowest BCUT2D eigenvalue weighted by atomic mass is 9.96. The summed E-state index contributed by atoms with van der Waals surface area (Å²) in [7, 11) is 0. The van der Waals surface area contributed by atoms with Gasteiger partial charge in [0.25, 0.3) is 0 Å². The van der Waals surface area contributed by atoms with Gasteiger partial charge in [-0.1, -0.05) is 48.0 Å². The van der Waals surface area contributed by atoms with Crippen LogP contribution < -0.4 is 5.32 Å². The van der Waals surface area contributed by atoms with Crippen LogP contribution in [0.1, 0.15) is 18.1 Å². The molecule has 2 aromatic carbocycles. The van der Waals surface area contributed by atoms with Crippen molar-refractivity contribution in [2.24, 2.45) is 0 Å². The van der Waals surface area contributed by atoms with Crippen molar-refractivity contribution in [1.29, 1.82) is 0 Å². The number of hydrogen-bond acceptors (Lipinski definition) is 3. The molecule has 0 aromatic heterocycles. The largest absolute Gasteiger partial charge is 0.508 e. The normalized spacial score (nSPS) is 13.4. The maximum atomic E-state index is 12.0. The Morgan fingerprint density at radius 2 is 1.91 bits per heavy atom. The Morgan fingerprint density at radius 1 is 1.23 bits per heavy atom. The number of amides is 1. The highest BCUT2D eigenvalue weighted by atomic mass is 35.5. The van der Waals surface area contributed by atoms with E-state index >= 15 is 0 Å². The van der Waals surface area contributed by atoms with E-state index in [0.29, 0.717) is 10.6 Å². The number of carbonyl (C=O) groups excluding carboxylic acids is 1. The van der Waals surface area contributed by atoms with Crippen LogP contribution in [-0.4, -0.2) is 22.7 Å². The standard InChI is InChI=1S/C17H18ClNO3/c1-17(22,13-5-3-2-4-6-13)11-19-16(21)9-12-7-8-14(20)10-15(12)18/h2-8,10,20,22H,9,11H2,1H3,(H,19,21). The van der Waals surface area contributed by atoms with Gasteiger partial charge >= 0.3 is 0 Å². The van der Waals surface area contributed by atoms with E-state index < -0.39 is 5.60 Å². The number of halogens is 1. The van der Waals surface area contributed by atoms with Crippen LogP contribution in [-0.2, 0) is 16.8 Å². The number of benzene rings is 2. The number of hydrogen-bond donors (Lipinski definition) is 3. The number of nitrogens with one attached hydrogen (secondary N) is 1. The van der Waals surface area contributed by atoms with Crippen molar-refractivity contribution in [3.8, 4) is 5.75 Å². The molecule has 0 heterocycles. The minimum absolute atomic E-state index is 0.0566. The SMILES string of the molecule is CC(O)(CNC(=O)Cc1ccc(O)cc1Cl)c1ccccc1. The van der Waals surface area contributed by atoms with Crippen molar-refractivity contribution >= 4 is 17.5 Å². The van der Waals surface area contributed by atoms with E-state index in [-0.39, 0.29) is 24.6 Å². The number of phenolic OH excluding ortho intramolecular Hbond substituents is 1. The summed E-state index contributed by atoms with van der Waals surface area (Å²) in [5.74, 6) is -0.190. The van der Waals surface area contributed by atoms with Crippen LogP contribution in [0, 0.1) is 0 Å². The molecule has 2 aromatic rings. The Hall–Kier alpha value is -2.04. The van der Waals surface area contributed by atoms with Gasteiger partial charge in [0.15, 0.2) is 0 Å². The van der Waals surface area contributed by atoms with Crippen LogP contribution in [0.2, 0.25) is 5.02 Å². The predicted molar refractivity (Wildman–Crippen MR) is 85.8 cm³/mol. The average molecular weight is 320 g/mol. The fourth-order valence-electron chi connectivity index (χ4n) is 2.09. The molecule has 0 radical (unpaired) electrons. The molecule has 1 atom stereocenters. The first-order chi connectivity index (χ1) is 10.4. The van der Waals surface area contributed by atoms with Crippen molar-refractivity contribution < 1.29 is 15.0 Å². The van der Waals surface area contributed by atoms with Crippen LogP contribution in [0.25, 0.3) is 0 Å². The number of rotatable bonds is 5. The number of carbonyl (C=O) groups is 1. The third-order valence-corrected chi connectivity index (χ3v) is 3.76. The molecule has 4 nitrogen and oxygen atoms in total. The lowest BCUT2D eigenvalue weighted by molar-refractivity contribution is -0.121. The summed E-state index contributed by atoms with van der Waals surface area (Å²) in [5.41, 5.74) is 0.213. The molecular formula is C17H18ClNO3. The molecule has 0 saturated heterocycles. The van der Waals surface area contributed by atoms with Gasteiger partial charge in [0.2, 0.25) is 5.91 Å². The number of aliphatic hydroxyl groups is 1. The summed E-state index contributed by atoms with van der Waals surface area (Å²) in [6.07, 6.45) is 0.0873. The highest BCUT2D eigenvalue weighted by Crippen LogP contribution is 2.22. The Bertz CT molecular complexity index is 656. The minimum Gasteiger partial charge on any atom is -0.508 e. The first-order valence-corrected chi connectivity index (χ1v) is 7.28. The van der Waals surface area contributed by atoms with Crippen molar-refractivity contribution in [3.05, 3.63) is 64.7 Å². The van der Waals surface area contributed by atoms with Crippen molar-refractivity contribution in [2.45, 2.75) is 18.9 Å². The molecule has 0 aliphatic heterocycles. The van der Waals surface area contributed by atoms with Gasteiger partial charge in [-0.05, 0) is 30.2 Å². The van der Waals surface area contributed by atoms with Crippen LogP contribution in [0.5, 0.6) is 5.75 Å². The third-order valence-electron chi connectivity index (χ3n) is 3.41. The maximum absolute atomic E-state index is 12.0. The molecular weight excluding hydrogens is 302 g/mol. The zero-order valence-corrected chi connectivity index (χ0v) is 13.0. The second kappa shape index (κ2) is 6.81. The fourth-order valence-corrected chi connectivity index (χ4v) is 2.33. The molecule has 22 heavy (non-hydrogen) atoms. The highest BCUT2D eigenvalue weighted by molar-refractivity contribution is 6.31. The second-order valence-electron chi connectivity index (χ2n) is 5.37. The van der Waals surface area contributed by atoms with E-state index in [0.717, 1.165) is 5.56 Å². The first kappa shape index (κ1) is 16.3. The summed E-state index contributed by atoms with van der Waals surface area (Å²) in [6.45, 7) is 1.75. The zero-order chi connectivity index (χ0) is 16.2. The third kappa shape index (κ3) is 4.23. The van der Waals surface area contributed by atoms with Crippen molar-refractivity contribution in [2.75, 3.05) is 6.54 Å². The molecule has 0 aliphatic rings. The fraction of sp³-hybridized carbons (Fsp3) is 0.235. The molecule has 2 rings (SSSR count). The average Bonchev–Trinajstić information content (AvgIpc) is 2.49. The summed E-state index contributed by atoms with van der Waals surface area (Å²) in [4.78, 5) is 12.0. The molecule has 0 bridgehead atoms. The number of aromatic hydroxyl groups is 1. The van der Waals surface area contributed by atoms with Crippen LogP contribution in [0.3, 0.4) is 0 Å². The van der Waals surface area contributed by atoms with Gasteiger partial charge in [0.1, 0.15) is 11.4 Å². The van der Waals surface area contributed by atoms with Gasteiger partial charge in [0.05, 0.1) is 13.0 Å². The lowest BCUT2D eigenvalue weighted by Gasteiger charge is -2.24. The Kier molecular flexibility index (Phi) is 5.06. The molecule has 0 fully saturated rings. The molecule has 0 spiro atoms. The minimum atomic E-state index is -1.14. The second-order valence-corrected chi connectivity index (χ2v) is 5.78. The summed E-state index contributed by atoms with van der Waals surface area (Å²) in [6, 6.07) is 13.6. The molecule has 3 N–H and O–H groups in total. The van der Waals surface area contributed by atoms with Gasteiger partial charge in [0, 0.05) is 5.02 Å². The van der Waals surface area contributed by atoms with Gasteiger partial charge in [-0.2, -0.15) is 0 Å². The molecule has 1 amide bonds. The highest BCUT2D eigenvalue weighted by Gasteiger charge is 2.23. The van der Waals surface area contributed by atoms with E-state index in [9.17, 15) is 15.0 Å².